The maximum atomic E-state index is 3.72. The molecule has 1 nitrogen and oxygen atoms in total. The minimum atomic E-state index is 0.646. The van der Waals surface area contributed by atoms with Crippen LogP contribution in [0.15, 0.2) is 42.5 Å². The molecule has 3 rings (SSSR count). The average Bonchev–Trinajstić information content (AvgIpc) is 2.47. The summed E-state index contributed by atoms with van der Waals surface area (Å²) in [5.41, 5.74) is 1.27. The van der Waals surface area contributed by atoms with Gasteiger partial charge in [-0.05, 0) is 48.4 Å². The number of rotatable bonds is 3. The zero-order valence-electron chi connectivity index (χ0n) is 11.4. The molecule has 0 saturated heterocycles. The van der Waals surface area contributed by atoms with Gasteiger partial charge in [-0.3, -0.25) is 0 Å². The number of thioether (sulfide) groups is 1. The third kappa shape index (κ3) is 3.06. The van der Waals surface area contributed by atoms with Gasteiger partial charge < -0.3 is 5.32 Å². The fraction of sp³-hybridized carbons (Fsp3) is 0.412. The largest absolute Gasteiger partial charge is 0.382 e. The first-order chi connectivity index (χ1) is 9.35. The number of fused-ring (bicyclic) bond motifs is 1. The van der Waals surface area contributed by atoms with Gasteiger partial charge in [0.1, 0.15) is 0 Å². The van der Waals surface area contributed by atoms with Gasteiger partial charge in [-0.2, -0.15) is 11.8 Å². The summed E-state index contributed by atoms with van der Waals surface area (Å²) in [5.74, 6) is 0. The van der Waals surface area contributed by atoms with E-state index in [0.29, 0.717) is 6.04 Å². The second-order valence-corrected chi connectivity index (χ2v) is 6.57. The second-order valence-electron chi connectivity index (χ2n) is 5.43. The lowest BCUT2D eigenvalue weighted by molar-refractivity contribution is 0.474. The van der Waals surface area contributed by atoms with Crippen molar-refractivity contribution in [2.24, 2.45) is 0 Å². The first kappa shape index (κ1) is 12.9. The highest BCUT2D eigenvalue weighted by atomic mass is 32.2. The molecule has 0 spiro atoms. The highest BCUT2D eigenvalue weighted by molar-refractivity contribution is 7.99. The van der Waals surface area contributed by atoms with Crippen LogP contribution >= 0.6 is 11.8 Å². The van der Waals surface area contributed by atoms with Crippen molar-refractivity contribution in [2.75, 3.05) is 11.6 Å². The van der Waals surface area contributed by atoms with E-state index in [1.165, 1.54) is 42.1 Å². The smallest absolute Gasteiger partial charge is 0.0348 e. The van der Waals surface area contributed by atoms with Crippen LogP contribution in [0.4, 0.5) is 5.69 Å². The summed E-state index contributed by atoms with van der Waals surface area (Å²) in [6, 6.07) is 15.9. The quantitative estimate of drug-likeness (QED) is 0.850. The number of anilines is 1. The third-order valence-electron chi connectivity index (χ3n) is 4.08. The summed E-state index contributed by atoms with van der Waals surface area (Å²) in [5, 5.41) is 7.21. The standard InChI is InChI=1S/C17H21NS/c1-19-17-8-4-7-15(12-17)18-16-10-9-13-5-2-3-6-14(13)11-16/h2-3,5-6,9-11,15,17-18H,4,7-8,12H2,1H3. The lowest BCUT2D eigenvalue weighted by Gasteiger charge is -2.29. The molecule has 2 aromatic carbocycles. The Hall–Kier alpha value is -1.15. The fourth-order valence-corrected chi connectivity index (χ4v) is 3.83. The maximum Gasteiger partial charge on any atom is 0.0348 e. The predicted molar refractivity (Wildman–Crippen MR) is 87.1 cm³/mol. The molecule has 1 fully saturated rings. The van der Waals surface area contributed by atoms with Crippen LogP contribution in [0.3, 0.4) is 0 Å². The van der Waals surface area contributed by atoms with Gasteiger partial charge in [0.15, 0.2) is 0 Å². The van der Waals surface area contributed by atoms with Crippen molar-refractivity contribution in [1.82, 2.24) is 0 Å². The molecule has 0 bridgehead atoms. The van der Waals surface area contributed by atoms with E-state index in [2.05, 4.69) is 54.0 Å². The second kappa shape index (κ2) is 5.87. The van der Waals surface area contributed by atoms with E-state index < -0.39 is 0 Å². The minimum Gasteiger partial charge on any atom is -0.382 e. The van der Waals surface area contributed by atoms with Crippen LogP contribution in [0, 0.1) is 0 Å². The molecule has 0 aromatic heterocycles. The molecular weight excluding hydrogens is 250 g/mol. The Balaban J connectivity index is 1.74. The summed E-state index contributed by atoms with van der Waals surface area (Å²) < 4.78 is 0. The van der Waals surface area contributed by atoms with Crippen molar-refractivity contribution in [3.05, 3.63) is 42.5 Å². The maximum absolute atomic E-state index is 3.72. The lowest BCUT2D eigenvalue weighted by Crippen LogP contribution is -2.28. The first-order valence-electron chi connectivity index (χ1n) is 7.13. The van der Waals surface area contributed by atoms with Gasteiger partial charge in [0.2, 0.25) is 0 Å². The van der Waals surface area contributed by atoms with E-state index in [0.717, 1.165) is 5.25 Å². The predicted octanol–water partition coefficient (Wildman–Crippen LogP) is 4.93. The zero-order chi connectivity index (χ0) is 13.1. The summed E-state index contributed by atoms with van der Waals surface area (Å²) in [6.45, 7) is 0. The molecule has 1 N–H and O–H groups in total. The van der Waals surface area contributed by atoms with Crippen molar-refractivity contribution in [1.29, 1.82) is 0 Å². The zero-order valence-corrected chi connectivity index (χ0v) is 12.2. The fourth-order valence-electron chi connectivity index (χ4n) is 3.00. The van der Waals surface area contributed by atoms with Gasteiger partial charge in [0.25, 0.3) is 0 Å². The average molecular weight is 271 g/mol. The van der Waals surface area contributed by atoms with Crippen LogP contribution in [-0.4, -0.2) is 17.5 Å². The summed E-state index contributed by atoms with van der Waals surface area (Å²) in [7, 11) is 0. The number of hydrogen-bond donors (Lipinski definition) is 1. The van der Waals surface area contributed by atoms with Gasteiger partial charge in [-0.25, -0.2) is 0 Å². The summed E-state index contributed by atoms with van der Waals surface area (Å²) in [6.07, 6.45) is 7.59. The molecule has 1 aliphatic carbocycles. The number of hydrogen-bond acceptors (Lipinski definition) is 2. The van der Waals surface area contributed by atoms with Crippen LogP contribution in [-0.2, 0) is 0 Å². The lowest BCUT2D eigenvalue weighted by atomic mass is 9.94. The van der Waals surface area contributed by atoms with Gasteiger partial charge >= 0.3 is 0 Å². The molecule has 0 amide bonds. The van der Waals surface area contributed by atoms with Crippen LogP contribution in [0.2, 0.25) is 0 Å². The molecule has 1 aliphatic rings. The molecule has 19 heavy (non-hydrogen) atoms. The van der Waals surface area contributed by atoms with E-state index in [1.54, 1.807) is 0 Å². The van der Waals surface area contributed by atoms with Crippen molar-refractivity contribution in [3.63, 3.8) is 0 Å². The Morgan fingerprint density at radius 1 is 1.05 bits per heavy atom. The van der Waals surface area contributed by atoms with Crippen LogP contribution < -0.4 is 5.32 Å². The van der Waals surface area contributed by atoms with Crippen LogP contribution in [0.1, 0.15) is 25.7 Å². The van der Waals surface area contributed by atoms with E-state index >= 15 is 0 Å². The molecular formula is C17H21NS. The summed E-state index contributed by atoms with van der Waals surface area (Å²) >= 11 is 2.02. The Morgan fingerprint density at radius 2 is 1.89 bits per heavy atom. The van der Waals surface area contributed by atoms with Crippen LogP contribution in [0.25, 0.3) is 10.8 Å². The Kier molecular flexibility index (Phi) is 3.97. The summed E-state index contributed by atoms with van der Waals surface area (Å²) in [4.78, 5) is 0. The normalized spacial score (nSPS) is 23.4. The van der Waals surface area contributed by atoms with E-state index in [-0.39, 0.29) is 0 Å². The highest BCUT2D eigenvalue weighted by Crippen LogP contribution is 2.29. The monoisotopic (exact) mass is 271 g/mol. The Labute approximate surface area is 119 Å². The van der Waals surface area contributed by atoms with E-state index in [4.69, 9.17) is 0 Å². The van der Waals surface area contributed by atoms with Crippen molar-refractivity contribution >= 4 is 28.2 Å². The molecule has 0 heterocycles. The highest BCUT2D eigenvalue weighted by Gasteiger charge is 2.20. The third-order valence-corrected chi connectivity index (χ3v) is 5.17. The van der Waals surface area contributed by atoms with Crippen molar-refractivity contribution in [2.45, 2.75) is 37.0 Å². The minimum absolute atomic E-state index is 0.646. The van der Waals surface area contributed by atoms with Gasteiger partial charge in [-0.15, -0.1) is 0 Å². The SMILES string of the molecule is CSC1CCCC(Nc2ccc3ccccc3c2)C1. The first-order valence-corrected chi connectivity index (χ1v) is 8.42. The molecule has 1 saturated carbocycles. The molecule has 2 unspecified atom stereocenters. The van der Waals surface area contributed by atoms with Gasteiger partial charge in [0, 0.05) is 17.0 Å². The van der Waals surface area contributed by atoms with E-state index in [1.807, 2.05) is 11.8 Å². The van der Waals surface area contributed by atoms with Crippen LogP contribution in [0.5, 0.6) is 0 Å². The molecule has 2 aromatic rings. The molecule has 2 atom stereocenters. The molecule has 2 heteroatoms. The molecule has 100 valence electrons. The molecule has 0 radical (unpaired) electrons. The Morgan fingerprint density at radius 3 is 2.74 bits per heavy atom. The van der Waals surface area contributed by atoms with E-state index in [9.17, 15) is 0 Å². The van der Waals surface area contributed by atoms with Crippen molar-refractivity contribution < 1.29 is 0 Å². The number of nitrogens with one attached hydrogen (secondary N) is 1. The van der Waals surface area contributed by atoms with Gasteiger partial charge in [0.05, 0.1) is 0 Å². The molecule has 0 aliphatic heterocycles. The van der Waals surface area contributed by atoms with Gasteiger partial charge in [-0.1, -0.05) is 36.8 Å². The number of benzene rings is 2. The Bertz CT molecular complexity index is 552. The van der Waals surface area contributed by atoms with Crippen molar-refractivity contribution in [3.8, 4) is 0 Å². The topological polar surface area (TPSA) is 12.0 Å².